The molecule has 15 heavy (non-hydrogen) atoms. The average Bonchev–Trinajstić information content (AvgIpc) is 2.15. The van der Waals surface area contributed by atoms with Crippen molar-refractivity contribution in [3.05, 3.63) is 35.4 Å². The van der Waals surface area contributed by atoms with Crippen LogP contribution in [-0.2, 0) is 9.73 Å². The molecule has 4 nitrogen and oxygen atoms in total. The van der Waals surface area contributed by atoms with E-state index in [-0.39, 0.29) is 11.1 Å². The molecule has 1 rings (SSSR count). The van der Waals surface area contributed by atoms with Crippen molar-refractivity contribution < 1.29 is 13.8 Å². The van der Waals surface area contributed by atoms with E-state index in [0.29, 0.717) is 6.29 Å². The highest BCUT2D eigenvalue weighted by Gasteiger charge is 2.10. The minimum atomic E-state index is -2.49. The van der Waals surface area contributed by atoms with Gasteiger partial charge in [0, 0.05) is 27.8 Å². The Labute approximate surface area is 88.5 Å². The van der Waals surface area contributed by atoms with Gasteiger partial charge in [0.05, 0.1) is 5.56 Å². The molecule has 0 fully saturated rings. The molecule has 80 valence electrons. The maximum Gasteiger partial charge on any atom is 0.285 e. The van der Waals surface area contributed by atoms with Crippen molar-refractivity contribution in [3.63, 3.8) is 0 Å². The largest absolute Gasteiger partial charge is 0.298 e. The molecule has 0 heterocycles. The van der Waals surface area contributed by atoms with E-state index in [4.69, 9.17) is 0 Å². The Bertz CT molecular complexity index is 505. The first-order valence-corrected chi connectivity index (χ1v) is 6.53. The second-order valence-corrected chi connectivity index (χ2v) is 5.83. The lowest BCUT2D eigenvalue weighted by Gasteiger charge is -1.99. The average molecular weight is 225 g/mol. The summed E-state index contributed by atoms with van der Waals surface area (Å²) >= 11 is 0. The summed E-state index contributed by atoms with van der Waals surface area (Å²) in [4.78, 5) is 22.2. The standard InChI is InChI=1S/C10H11NO3S/c1-15(2,14)11-10(13)9-6-4-3-5-8(9)7-12/h3-7H,1-2H3. The van der Waals surface area contributed by atoms with Crippen LogP contribution in [0.2, 0.25) is 0 Å². The van der Waals surface area contributed by atoms with Crippen LogP contribution in [0.4, 0.5) is 0 Å². The summed E-state index contributed by atoms with van der Waals surface area (Å²) < 4.78 is 14.8. The maximum atomic E-state index is 11.5. The lowest BCUT2D eigenvalue weighted by atomic mass is 10.1. The summed E-state index contributed by atoms with van der Waals surface area (Å²) in [6, 6.07) is 6.28. The van der Waals surface area contributed by atoms with Crippen LogP contribution in [0.15, 0.2) is 28.6 Å². The fourth-order valence-electron chi connectivity index (χ4n) is 1.04. The Morgan fingerprint density at radius 3 is 2.47 bits per heavy atom. The molecule has 0 aromatic heterocycles. The summed E-state index contributed by atoms with van der Waals surface area (Å²) in [5.74, 6) is -0.618. The van der Waals surface area contributed by atoms with E-state index in [0.717, 1.165) is 0 Å². The lowest BCUT2D eigenvalue weighted by Crippen LogP contribution is -2.04. The highest BCUT2D eigenvalue weighted by atomic mass is 32.2. The van der Waals surface area contributed by atoms with E-state index in [2.05, 4.69) is 4.36 Å². The predicted octanol–water partition coefficient (Wildman–Crippen LogP) is 1.37. The SMILES string of the molecule is CS(C)(=O)=NC(=O)c1ccccc1C=O. The number of carbonyl (C=O) groups is 2. The van der Waals surface area contributed by atoms with E-state index >= 15 is 0 Å². The van der Waals surface area contributed by atoms with Gasteiger partial charge in [-0.3, -0.25) is 9.59 Å². The van der Waals surface area contributed by atoms with Crippen LogP contribution in [0, 0.1) is 0 Å². The second-order valence-electron chi connectivity index (χ2n) is 3.28. The van der Waals surface area contributed by atoms with E-state index < -0.39 is 15.6 Å². The van der Waals surface area contributed by atoms with Crippen molar-refractivity contribution in [1.82, 2.24) is 0 Å². The molecule has 1 aromatic rings. The van der Waals surface area contributed by atoms with Gasteiger partial charge in [0.2, 0.25) is 0 Å². The van der Waals surface area contributed by atoms with E-state index in [1.54, 1.807) is 12.1 Å². The summed E-state index contributed by atoms with van der Waals surface area (Å²) in [5, 5.41) is 0. The van der Waals surface area contributed by atoms with Crippen molar-refractivity contribution in [2.45, 2.75) is 0 Å². The fourth-order valence-corrected chi connectivity index (χ4v) is 1.54. The Morgan fingerprint density at radius 1 is 1.33 bits per heavy atom. The van der Waals surface area contributed by atoms with Crippen LogP contribution in [0.5, 0.6) is 0 Å². The van der Waals surface area contributed by atoms with Gasteiger partial charge < -0.3 is 0 Å². The predicted molar refractivity (Wildman–Crippen MR) is 58.6 cm³/mol. The second kappa shape index (κ2) is 4.35. The van der Waals surface area contributed by atoms with Gasteiger partial charge in [0.25, 0.3) is 5.91 Å². The fraction of sp³-hybridized carbons (Fsp3) is 0.200. The Kier molecular flexibility index (Phi) is 3.36. The van der Waals surface area contributed by atoms with Crippen LogP contribution in [0.25, 0.3) is 0 Å². The molecule has 0 N–H and O–H groups in total. The van der Waals surface area contributed by atoms with Crippen molar-refractivity contribution in [3.8, 4) is 0 Å². The molecule has 0 saturated carbocycles. The van der Waals surface area contributed by atoms with Crippen LogP contribution in [0.3, 0.4) is 0 Å². The Hall–Kier alpha value is -1.49. The van der Waals surface area contributed by atoms with Crippen molar-refractivity contribution in [2.75, 3.05) is 12.5 Å². The molecule has 0 aliphatic heterocycles. The number of benzene rings is 1. The molecule has 0 unspecified atom stereocenters. The third-order valence-electron chi connectivity index (χ3n) is 1.62. The molecule has 0 spiro atoms. The molecule has 0 radical (unpaired) electrons. The Balaban J connectivity index is 3.24. The molecule has 1 aromatic carbocycles. The molecule has 1 amide bonds. The highest BCUT2D eigenvalue weighted by molar-refractivity contribution is 7.92. The molecule has 0 atom stereocenters. The van der Waals surface area contributed by atoms with Gasteiger partial charge in [0.1, 0.15) is 0 Å². The smallest absolute Gasteiger partial charge is 0.285 e. The number of hydrogen-bond donors (Lipinski definition) is 0. The van der Waals surface area contributed by atoms with Gasteiger partial charge in [-0.15, -0.1) is 0 Å². The zero-order chi connectivity index (χ0) is 11.5. The maximum absolute atomic E-state index is 11.5. The van der Waals surface area contributed by atoms with Gasteiger partial charge in [0.15, 0.2) is 6.29 Å². The molecule has 5 heteroatoms. The van der Waals surface area contributed by atoms with E-state index in [9.17, 15) is 13.8 Å². The molecule has 0 aliphatic carbocycles. The third kappa shape index (κ3) is 3.28. The summed E-state index contributed by atoms with van der Waals surface area (Å²) in [6.45, 7) is 0. The van der Waals surface area contributed by atoms with Crippen molar-refractivity contribution >= 4 is 21.9 Å². The number of carbonyl (C=O) groups excluding carboxylic acids is 2. The lowest BCUT2D eigenvalue weighted by molar-refractivity contribution is 0.0997. The van der Waals surface area contributed by atoms with Crippen LogP contribution < -0.4 is 0 Å². The van der Waals surface area contributed by atoms with Crippen molar-refractivity contribution in [1.29, 1.82) is 0 Å². The topological polar surface area (TPSA) is 63.6 Å². The zero-order valence-corrected chi connectivity index (χ0v) is 9.28. The summed E-state index contributed by atoms with van der Waals surface area (Å²) in [6.07, 6.45) is 3.32. The Morgan fingerprint density at radius 2 is 1.93 bits per heavy atom. The first-order valence-electron chi connectivity index (χ1n) is 4.20. The van der Waals surface area contributed by atoms with Gasteiger partial charge in [-0.25, -0.2) is 4.21 Å². The first kappa shape index (κ1) is 11.6. The monoisotopic (exact) mass is 225 g/mol. The van der Waals surface area contributed by atoms with E-state index in [1.807, 2.05) is 0 Å². The van der Waals surface area contributed by atoms with Gasteiger partial charge in [-0.2, -0.15) is 4.36 Å². The minimum Gasteiger partial charge on any atom is -0.298 e. The number of aldehydes is 1. The summed E-state index contributed by atoms with van der Waals surface area (Å²) in [7, 11) is -2.49. The van der Waals surface area contributed by atoms with Gasteiger partial charge >= 0.3 is 0 Å². The van der Waals surface area contributed by atoms with Crippen LogP contribution >= 0.6 is 0 Å². The van der Waals surface area contributed by atoms with Crippen molar-refractivity contribution in [2.24, 2.45) is 4.36 Å². The molecule has 0 saturated heterocycles. The van der Waals surface area contributed by atoms with Gasteiger partial charge in [-0.1, -0.05) is 18.2 Å². The third-order valence-corrected chi connectivity index (χ3v) is 2.23. The van der Waals surface area contributed by atoms with Crippen LogP contribution in [-0.4, -0.2) is 28.9 Å². The number of hydrogen-bond acceptors (Lipinski definition) is 3. The van der Waals surface area contributed by atoms with Crippen LogP contribution in [0.1, 0.15) is 20.7 Å². The summed E-state index contributed by atoms with van der Waals surface area (Å²) in [5.41, 5.74) is 0.443. The zero-order valence-electron chi connectivity index (χ0n) is 8.47. The van der Waals surface area contributed by atoms with E-state index in [1.165, 1.54) is 24.6 Å². The quantitative estimate of drug-likeness (QED) is 0.714. The highest BCUT2D eigenvalue weighted by Crippen LogP contribution is 2.08. The van der Waals surface area contributed by atoms with Gasteiger partial charge in [-0.05, 0) is 6.07 Å². The molecule has 0 aliphatic rings. The minimum absolute atomic E-state index is 0.184. The molecular formula is C10H11NO3S. The number of amides is 1. The molecule has 0 bridgehead atoms. The number of rotatable bonds is 2. The first-order chi connectivity index (χ1) is 6.94. The normalized spacial score (nSPS) is 10.8. The number of nitrogens with zero attached hydrogens (tertiary/aromatic N) is 1. The molecular weight excluding hydrogens is 214 g/mol.